The molecule has 0 fully saturated rings. The minimum Gasteiger partial charge on any atom is -0.482 e. The smallest absolute Gasteiger partial charge is 0.482 e. The molecule has 0 atom stereocenters. The van der Waals surface area contributed by atoms with E-state index in [2.05, 4.69) is 4.74 Å². The van der Waals surface area contributed by atoms with Crippen LogP contribution in [0.3, 0.4) is 0 Å². The van der Waals surface area contributed by atoms with Crippen molar-refractivity contribution in [3.63, 3.8) is 0 Å². The molecule has 4 nitrogen and oxygen atoms in total. The third kappa shape index (κ3) is 7.91. The van der Waals surface area contributed by atoms with Crippen molar-refractivity contribution < 1.29 is 32.5 Å². The molecule has 0 saturated carbocycles. The highest BCUT2D eigenvalue weighted by molar-refractivity contribution is 7.99. The van der Waals surface area contributed by atoms with Crippen molar-refractivity contribution in [3.05, 3.63) is 120 Å². The minimum absolute atomic E-state index is 0.286. The molecule has 0 spiro atoms. The average molecular weight is 537 g/mol. The molecule has 8 heteroatoms. The van der Waals surface area contributed by atoms with E-state index in [1.54, 1.807) is 18.2 Å². The van der Waals surface area contributed by atoms with Gasteiger partial charge in [0.1, 0.15) is 11.5 Å². The highest BCUT2D eigenvalue weighted by Gasteiger charge is 2.31. The SMILES string of the molecule is O=C(O)COc1ccc(SCC=C(c2ccc(-c3ccccc3)cc2)c2cccc(OC(F)(F)F)c2)cc1. The predicted octanol–water partition coefficient (Wildman–Crippen LogP) is 7.94. The largest absolute Gasteiger partial charge is 0.573 e. The molecule has 0 amide bonds. The molecule has 0 aromatic heterocycles. The molecule has 0 unspecified atom stereocenters. The van der Waals surface area contributed by atoms with Gasteiger partial charge in [-0.05, 0) is 64.2 Å². The third-order valence-corrected chi connectivity index (χ3v) is 6.34. The number of benzene rings is 4. The number of carboxylic acids is 1. The summed E-state index contributed by atoms with van der Waals surface area (Å²) in [5, 5.41) is 8.73. The van der Waals surface area contributed by atoms with Gasteiger partial charge < -0.3 is 14.6 Å². The molecular weight excluding hydrogens is 513 g/mol. The number of ether oxygens (including phenoxy) is 2. The highest BCUT2D eigenvalue weighted by atomic mass is 32.2. The third-order valence-electron chi connectivity index (χ3n) is 5.41. The number of halogens is 3. The van der Waals surface area contributed by atoms with E-state index in [4.69, 9.17) is 9.84 Å². The molecule has 0 saturated heterocycles. The second-order valence-electron chi connectivity index (χ2n) is 8.10. The second-order valence-corrected chi connectivity index (χ2v) is 9.20. The number of aliphatic carboxylic acids is 1. The van der Waals surface area contributed by atoms with Gasteiger partial charge in [0.05, 0.1) is 0 Å². The van der Waals surface area contributed by atoms with E-state index < -0.39 is 18.9 Å². The lowest BCUT2D eigenvalue weighted by atomic mass is 9.95. The van der Waals surface area contributed by atoms with Crippen molar-refractivity contribution in [3.8, 4) is 22.6 Å². The predicted molar refractivity (Wildman–Crippen MR) is 142 cm³/mol. The van der Waals surface area contributed by atoms with Crippen LogP contribution in [0.15, 0.2) is 114 Å². The van der Waals surface area contributed by atoms with Gasteiger partial charge >= 0.3 is 12.3 Å². The van der Waals surface area contributed by atoms with Crippen molar-refractivity contribution in [2.24, 2.45) is 0 Å². The van der Waals surface area contributed by atoms with E-state index in [-0.39, 0.29) is 5.75 Å². The van der Waals surface area contributed by atoms with Gasteiger partial charge in [-0.1, -0.05) is 72.8 Å². The maximum absolute atomic E-state index is 12.8. The summed E-state index contributed by atoms with van der Waals surface area (Å²) in [6.07, 6.45) is -2.82. The second kappa shape index (κ2) is 12.4. The van der Waals surface area contributed by atoms with E-state index in [1.165, 1.54) is 30.0 Å². The molecule has 0 aliphatic heterocycles. The normalized spacial score (nSPS) is 11.7. The summed E-state index contributed by atoms with van der Waals surface area (Å²) in [6, 6.07) is 30.7. The van der Waals surface area contributed by atoms with Crippen LogP contribution in [0.25, 0.3) is 16.7 Å². The first-order valence-electron chi connectivity index (χ1n) is 11.6. The van der Waals surface area contributed by atoms with Crippen molar-refractivity contribution >= 4 is 23.3 Å². The van der Waals surface area contributed by atoms with Crippen LogP contribution in [0, 0.1) is 0 Å². The van der Waals surface area contributed by atoms with Crippen molar-refractivity contribution in [2.45, 2.75) is 11.3 Å². The Bertz CT molecular complexity index is 1380. The Kier molecular flexibility index (Phi) is 8.76. The van der Waals surface area contributed by atoms with Crippen LogP contribution < -0.4 is 9.47 Å². The van der Waals surface area contributed by atoms with Gasteiger partial charge in [0.15, 0.2) is 6.61 Å². The summed E-state index contributed by atoms with van der Waals surface area (Å²) in [7, 11) is 0. The number of thioether (sulfide) groups is 1. The van der Waals surface area contributed by atoms with Crippen LogP contribution in [0.2, 0.25) is 0 Å². The molecule has 0 aliphatic carbocycles. The molecule has 0 aliphatic rings. The van der Waals surface area contributed by atoms with Gasteiger partial charge in [-0.3, -0.25) is 0 Å². The summed E-state index contributed by atoms with van der Waals surface area (Å²) in [6.45, 7) is -0.418. The van der Waals surface area contributed by atoms with E-state index >= 15 is 0 Å². The van der Waals surface area contributed by atoms with Crippen molar-refractivity contribution in [1.82, 2.24) is 0 Å². The highest BCUT2D eigenvalue weighted by Crippen LogP contribution is 2.32. The van der Waals surface area contributed by atoms with Gasteiger partial charge in [-0.2, -0.15) is 0 Å². The minimum atomic E-state index is -4.78. The summed E-state index contributed by atoms with van der Waals surface area (Å²) in [4.78, 5) is 11.6. The van der Waals surface area contributed by atoms with Gasteiger partial charge in [-0.15, -0.1) is 24.9 Å². The molecule has 4 rings (SSSR count). The average Bonchev–Trinajstić information content (AvgIpc) is 2.90. The zero-order valence-electron chi connectivity index (χ0n) is 20.0. The Balaban J connectivity index is 1.58. The number of hydrogen-bond donors (Lipinski definition) is 1. The molecule has 1 N–H and O–H groups in total. The van der Waals surface area contributed by atoms with Gasteiger partial charge in [0.25, 0.3) is 0 Å². The Morgan fingerprint density at radius 3 is 2.13 bits per heavy atom. The Morgan fingerprint density at radius 1 is 0.789 bits per heavy atom. The lowest BCUT2D eigenvalue weighted by Crippen LogP contribution is -2.17. The summed E-state index contributed by atoms with van der Waals surface area (Å²) in [5.74, 6) is -0.350. The summed E-state index contributed by atoms with van der Waals surface area (Å²) >= 11 is 1.53. The summed E-state index contributed by atoms with van der Waals surface area (Å²) in [5.41, 5.74) is 4.31. The number of carboxylic acid groups (broad SMARTS) is 1. The zero-order chi connectivity index (χ0) is 27.0. The van der Waals surface area contributed by atoms with Crippen LogP contribution in [-0.2, 0) is 4.79 Å². The first kappa shape index (κ1) is 26.9. The monoisotopic (exact) mass is 536 g/mol. The van der Waals surface area contributed by atoms with Crippen LogP contribution in [0.4, 0.5) is 13.2 Å². The van der Waals surface area contributed by atoms with Crippen LogP contribution in [0.5, 0.6) is 11.5 Å². The maximum Gasteiger partial charge on any atom is 0.573 e. The Hall–Kier alpha value is -4.17. The standard InChI is InChI=1S/C30H23F3O4S/c31-30(32,33)37-26-8-4-7-24(19-26)28(23-11-9-22(10-12-23)21-5-2-1-3-6-21)17-18-38-27-15-13-25(14-16-27)36-20-29(34)35/h1-17,19H,18,20H2,(H,34,35). The van der Waals surface area contributed by atoms with E-state index in [9.17, 15) is 18.0 Å². The molecular formula is C30H23F3O4S. The lowest BCUT2D eigenvalue weighted by Gasteiger charge is -2.13. The lowest BCUT2D eigenvalue weighted by molar-refractivity contribution is -0.274. The first-order valence-corrected chi connectivity index (χ1v) is 12.5. The maximum atomic E-state index is 12.8. The summed E-state index contributed by atoms with van der Waals surface area (Å²) < 4.78 is 47.8. The number of alkyl halides is 3. The van der Waals surface area contributed by atoms with E-state index in [1.807, 2.05) is 72.8 Å². The fourth-order valence-corrected chi connectivity index (χ4v) is 4.51. The Labute approximate surface area is 222 Å². The number of rotatable bonds is 10. The quantitative estimate of drug-likeness (QED) is 0.209. The topological polar surface area (TPSA) is 55.8 Å². The molecule has 4 aromatic carbocycles. The molecule has 0 radical (unpaired) electrons. The fourth-order valence-electron chi connectivity index (χ4n) is 3.73. The Morgan fingerprint density at radius 2 is 1.47 bits per heavy atom. The molecule has 38 heavy (non-hydrogen) atoms. The first-order chi connectivity index (χ1) is 18.3. The number of carbonyl (C=O) groups is 1. The van der Waals surface area contributed by atoms with Crippen LogP contribution >= 0.6 is 11.8 Å². The van der Waals surface area contributed by atoms with Crippen LogP contribution in [-0.4, -0.2) is 29.8 Å². The van der Waals surface area contributed by atoms with Gasteiger partial charge in [0.2, 0.25) is 0 Å². The van der Waals surface area contributed by atoms with Crippen LogP contribution in [0.1, 0.15) is 11.1 Å². The fraction of sp³-hybridized carbons (Fsp3) is 0.100. The zero-order valence-corrected chi connectivity index (χ0v) is 20.8. The van der Waals surface area contributed by atoms with E-state index in [0.717, 1.165) is 27.2 Å². The van der Waals surface area contributed by atoms with Crippen molar-refractivity contribution in [1.29, 1.82) is 0 Å². The number of hydrogen-bond acceptors (Lipinski definition) is 4. The van der Waals surface area contributed by atoms with Gasteiger partial charge in [0, 0.05) is 10.6 Å². The van der Waals surface area contributed by atoms with E-state index in [0.29, 0.717) is 17.1 Å². The molecule has 0 heterocycles. The molecule has 0 bridgehead atoms. The van der Waals surface area contributed by atoms with Gasteiger partial charge in [-0.25, -0.2) is 4.79 Å². The van der Waals surface area contributed by atoms with Crippen molar-refractivity contribution in [2.75, 3.05) is 12.4 Å². The molecule has 4 aromatic rings. The molecule has 194 valence electrons.